The number of nitrogens with two attached hydrogens (primary N) is 4. The number of hydrogen-bond donors (Lipinski definition) is 4. The van der Waals surface area contributed by atoms with Crippen molar-refractivity contribution in [3.8, 4) is 0 Å². The number of halogens is 13. The standard InChI is InChI=1S/C22H22F3NO2.C17H19F3N2.C14H19F3N2.C14H12F3NO3.C13H21BO3.C7H6BrNO2.C7H9N.C7H14O2/c1-15-11-17(8-7-16-5-3-2-4-6-16)13-19(12-15)18-9-10-20(22(23,24)25)21(14-18)26(27)28;1-10-7-11(9-12(21)8-10)13-4-5-15(17(18,19)20)16-14(13)3-2-6-22-16;1-8-4-10(6-11(18)5-8)9-2-3-12(13(19)7-9)14(15,16)17;1-8-4-10(6-11(19)5-8)9-2-3-12(14(15,16)17)13(7-9)18(20)21;1-9-6-10(8-11(15)7-9)14-16-12(2,3)13(4,5)17-14;1-5-2-3-6(8)4-7(5)9(10)11;8-6-7-4-2-1-3-5-7;1-4-7(8-5-2)9-6-3/h2-6,9-10,13-15,17H,7-8,11-12H2,1H3;2-6,10-12H,7-9,21H2,1H3;2-3,7-8,10-11H,4-6,18-19H2,1H3;2-3,6-8H,4-5H2,1H3;8-9H,6-7H2,1-5H3;2-4H,1H3;1-5H,6,8H2;4,7H,1,5-6H2,2-3H3/t15-,17+;10-,11?,12-;8-,10?,11-;;;;;/m011...../s1. The van der Waals surface area contributed by atoms with Crippen molar-refractivity contribution in [2.75, 3.05) is 18.9 Å². The van der Waals surface area contributed by atoms with Crippen LogP contribution in [0, 0.1) is 72.8 Å². The van der Waals surface area contributed by atoms with Crippen LogP contribution in [-0.4, -0.2) is 81.2 Å². The SMILES string of the molecule is C=CC(OCC)OCC.CC1CC(=O)C=C(B2OC(C)(C)C(C)(C)O2)C1.CC1CC(=O)C=C(c2ccc(C(F)(F)F)c([N+](=O)[O-])c2)C1.C[C@@H]1CC(c2ccc(C(F)(F)F)c(N)c2)C[C@H](N)C1.C[C@@H]1CC(c2ccc(C(F)(F)F)c([N+](=O)[O-])c2)=C[C@H](CCc2ccccc2)C1.C[C@@H]1CC(c2ccc(C(F)(F)F)c3ncccc23)C[C@H](N)C1.Cc1ccc(Br)cc1[N+](=O)[O-].NCc1ccccc1. The smallest absolute Gasteiger partial charge is 0.400 e. The number of nitrogen functional groups attached to an aromatic ring is 1. The molecule has 4 unspecified atom stereocenters. The van der Waals surface area contributed by atoms with Crippen LogP contribution in [0.3, 0.4) is 0 Å². The summed E-state index contributed by atoms with van der Waals surface area (Å²) in [6.45, 7) is 29.5. The van der Waals surface area contributed by atoms with Gasteiger partial charge in [0, 0.05) is 90.2 Å². The Morgan fingerprint density at radius 2 is 1.01 bits per heavy atom. The number of ketones is 2. The molecule has 0 amide bonds. The number of alkyl halides is 12. The van der Waals surface area contributed by atoms with Crippen molar-refractivity contribution < 1.29 is 95.8 Å². The van der Waals surface area contributed by atoms with E-state index in [0.717, 1.165) is 121 Å². The van der Waals surface area contributed by atoms with Gasteiger partial charge < -0.3 is 41.7 Å². The summed E-state index contributed by atoms with van der Waals surface area (Å²) in [7, 11) is -0.355. The van der Waals surface area contributed by atoms with Crippen LogP contribution in [0.2, 0.25) is 0 Å². The second-order valence-electron chi connectivity index (χ2n) is 36.3. The zero-order valence-electron chi connectivity index (χ0n) is 78.0. The molecule has 732 valence electrons. The van der Waals surface area contributed by atoms with Crippen LogP contribution < -0.4 is 22.9 Å². The third-order valence-corrected chi connectivity index (χ3v) is 24.7. The summed E-state index contributed by atoms with van der Waals surface area (Å²) < 4.78 is 178. The third-order valence-electron chi connectivity index (χ3n) is 24.2. The molecule has 14 rings (SSSR count). The van der Waals surface area contributed by atoms with E-state index in [1.165, 1.54) is 53.7 Å². The van der Waals surface area contributed by atoms with Crippen LogP contribution in [0.5, 0.6) is 0 Å². The number of aromatic nitrogens is 1. The number of allylic oxidation sites excluding steroid dienone is 6. The fourth-order valence-electron chi connectivity index (χ4n) is 17.3. The Labute approximate surface area is 789 Å². The molecule has 10 atom stereocenters. The van der Waals surface area contributed by atoms with Gasteiger partial charge in [-0.05, 0) is 284 Å². The average Bonchev–Trinajstić information content (AvgIpc) is 1.62. The molecule has 1 saturated heterocycles. The van der Waals surface area contributed by atoms with Gasteiger partial charge in [-0.3, -0.25) is 44.9 Å². The van der Waals surface area contributed by atoms with E-state index in [-0.39, 0.29) is 93.4 Å². The van der Waals surface area contributed by atoms with Gasteiger partial charge >= 0.3 is 31.8 Å². The van der Waals surface area contributed by atoms with Crippen LogP contribution >= 0.6 is 15.9 Å². The number of fused-ring (bicyclic) bond motifs is 1. The van der Waals surface area contributed by atoms with Gasteiger partial charge in [-0.25, -0.2) is 0 Å². The van der Waals surface area contributed by atoms with E-state index in [2.05, 4.69) is 73.4 Å². The fourth-order valence-corrected chi connectivity index (χ4v) is 17.6. The molecule has 135 heavy (non-hydrogen) atoms. The van der Waals surface area contributed by atoms with Crippen LogP contribution in [0.4, 0.5) is 75.4 Å². The highest BCUT2D eigenvalue weighted by Gasteiger charge is 2.53. The number of anilines is 1. The molecule has 0 bridgehead atoms. The Bertz CT molecular complexity index is 5370. The first-order chi connectivity index (χ1) is 63.1. The van der Waals surface area contributed by atoms with Crippen LogP contribution in [0.1, 0.15) is 233 Å². The minimum Gasteiger partial charge on any atom is -0.400 e. The Kier molecular flexibility index (Phi) is 41.5. The zero-order chi connectivity index (χ0) is 100. The number of carbonyl (C=O) groups excluding carboxylic acids is 2. The van der Waals surface area contributed by atoms with Crippen molar-refractivity contribution >= 4 is 79.4 Å². The topological polar surface area (TPSA) is 317 Å². The lowest BCUT2D eigenvalue weighted by molar-refractivity contribution is -0.388. The van der Waals surface area contributed by atoms with E-state index in [1.807, 2.05) is 97.0 Å². The highest BCUT2D eigenvalue weighted by molar-refractivity contribution is 9.10. The van der Waals surface area contributed by atoms with Gasteiger partial charge in [0.15, 0.2) is 17.9 Å². The van der Waals surface area contributed by atoms with E-state index in [9.17, 15) is 92.6 Å². The van der Waals surface area contributed by atoms with Crippen LogP contribution in [0.15, 0.2) is 205 Å². The number of rotatable bonds is 17. The lowest BCUT2D eigenvalue weighted by Gasteiger charge is -2.32. The number of aryl methyl sites for hydroxylation is 2. The molecule has 0 spiro atoms. The van der Waals surface area contributed by atoms with Gasteiger partial charge in [0.05, 0.1) is 42.6 Å². The first-order valence-electron chi connectivity index (χ1n) is 44.9. The Morgan fingerprint density at radius 3 is 1.47 bits per heavy atom. The Hall–Kier alpha value is -10.3. The summed E-state index contributed by atoms with van der Waals surface area (Å²) in [5.41, 5.74) is 24.7. The van der Waals surface area contributed by atoms with Gasteiger partial charge in [0.1, 0.15) is 11.1 Å². The van der Waals surface area contributed by atoms with Crippen molar-refractivity contribution in [2.45, 2.75) is 246 Å². The van der Waals surface area contributed by atoms with Gasteiger partial charge in [-0.2, -0.15) is 52.7 Å². The fraction of sp³-hybridized carbons (Fsp3) is 0.455. The zero-order valence-corrected chi connectivity index (χ0v) is 79.6. The van der Waals surface area contributed by atoms with Crippen molar-refractivity contribution in [1.29, 1.82) is 0 Å². The molecular formula is C101H122BBrF12N8O12. The van der Waals surface area contributed by atoms with E-state index < -0.39 is 68.2 Å². The molecule has 2 saturated carbocycles. The van der Waals surface area contributed by atoms with Gasteiger partial charge in [-0.15, -0.1) is 0 Å². The highest BCUT2D eigenvalue weighted by Crippen LogP contribution is 2.47. The lowest BCUT2D eigenvalue weighted by Crippen LogP contribution is -2.41. The molecule has 8 N–H and O–H groups in total. The molecule has 0 radical (unpaired) electrons. The summed E-state index contributed by atoms with van der Waals surface area (Å²) in [5.74, 6) is 2.61. The number of benzene rings is 7. The first kappa shape index (κ1) is 112. The van der Waals surface area contributed by atoms with Crippen LogP contribution in [0.25, 0.3) is 22.0 Å². The number of nitrogens with zero attached hydrogens (tertiary/aromatic N) is 4. The van der Waals surface area contributed by atoms with Crippen molar-refractivity contribution in [3.05, 3.63) is 296 Å². The minimum atomic E-state index is -4.79. The van der Waals surface area contributed by atoms with Gasteiger partial charge in [0.25, 0.3) is 17.1 Å². The molecule has 34 heteroatoms. The molecule has 3 fully saturated rings. The monoisotopic (exact) mass is 1960 g/mol. The maximum atomic E-state index is 13.2. The van der Waals surface area contributed by atoms with Crippen molar-refractivity contribution in [3.63, 3.8) is 0 Å². The average molecular weight is 1960 g/mol. The summed E-state index contributed by atoms with van der Waals surface area (Å²) >= 11 is 3.16. The molecule has 20 nitrogen and oxygen atoms in total. The molecule has 6 aliphatic rings. The molecule has 8 aromatic rings. The second-order valence-corrected chi connectivity index (χ2v) is 37.2. The molecule has 5 aliphatic carbocycles. The minimum absolute atomic E-state index is 0.0410. The molecule has 1 aliphatic heterocycles. The number of nitro benzene ring substituents is 3. The van der Waals surface area contributed by atoms with E-state index >= 15 is 0 Å². The number of ether oxygens (including phenoxy) is 2. The normalized spacial score (nSPS) is 21.4. The molecule has 2 heterocycles. The number of nitro groups is 3. The van der Waals surface area contributed by atoms with E-state index in [0.29, 0.717) is 103 Å². The number of hydrogen-bond acceptors (Lipinski definition) is 17. The van der Waals surface area contributed by atoms with E-state index in [1.54, 1.807) is 49.4 Å². The van der Waals surface area contributed by atoms with Crippen molar-refractivity contribution in [1.82, 2.24) is 4.98 Å². The first-order valence-corrected chi connectivity index (χ1v) is 45.7. The lowest BCUT2D eigenvalue weighted by atomic mass is 9.70. The predicted octanol–water partition coefficient (Wildman–Crippen LogP) is 26.6. The van der Waals surface area contributed by atoms with Gasteiger partial charge in [-0.1, -0.05) is 160 Å². The quantitative estimate of drug-likeness (QED) is 0.0125. The predicted molar refractivity (Wildman–Crippen MR) is 507 cm³/mol. The molecular weight excluding hydrogens is 1840 g/mol. The Morgan fingerprint density at radius 1 is 0.541 bits per heavy atom. The summed E-state index contributed by atoms with van der Waals surface area (Å²) in [6, 6.07) is 41.6. The van der Waals surface area contributed by atoms with Crippen LogP contribution in [-0.2, 0) is 66.0 Å². The summed E-state index contributed by atoms with van der Waals surface area (Å²) in [5, 5.41) is 33.0. The maximum absolute atomic E-state index is 13.2. The third kappa shape index (κ3) is 34.1. The maximum Gasteiger partial charge on any atom is 0.490 e. The largest absolute Gasteiger partial charge is 0.490 e. The summed E-state index contributed by atoms with van der Waals surface area (Å²) in [6.07, 6.45) is 1.22. The number of pyridine rings is 1. The highest BCUT2D eigenvalue weighted by atomic mass is 79.9. The van der Waals surface area contributed by atoms with Gasteiger partial charge in [0.2, 0.25) is 0 Å². The second kappa shape index (κ2) is 50.1. The number of carbonyl (C=O) groups is 2. The Balaban J connectivity index is 0.000000216. The summed E-state index contributed by atoms with van der Waals surface area (Å²) in [4.78, 5) is 57.1. The molecule has 7 aromatic carbocycles. The van der Waals surface area contributed by atoms with Crippen molar-refractivity contribution in [2.24, 2.45) is 52.7 Å². The molecule has 1 aromatic heterocycles. The van der Waals surface area contributed by atoms with E-state index in [4.69, 9.17) is 41.7 Å².